The number of hydrogen-bond acceptors (Lipinski definition) is 5. The van der Waals surface area contributed by atoms with Crippen LogP contribution >= 0.6 is 0 Å². The van der Waals surface area contributed by atoms with Gasteiger partial charge in [-0.15, -0.1) is 0 Å². The third kappa shape index (κ3) is 2.17. The number of pyridine rings is 1. The lowest BCUT2D eigenvalue weighted by Gasteiger charge is -2.18. The number of Topliss-reactive ketones (excluding diaryl/α,β-unsaturated/α-hetero) is 1. The smallest absolute Gasteiger partial charge is 0.251 e. The molecule has 104 valence electrons. The highest BCUT2D eigenvalue weighted by Crippen LogP contribution is 2.20. The van der Waals surface area contributed by atoms with Crippen molar-refractivity contribution in [2.24, 2.45) is 0 Å². The summed E-state index contributed by atoms with van der Waals surface area (Å²) in [4.78, 5) is 28.1. The van der Waals surface area contributed by atoms with E-state index in [1.165, 1.54) is 6.07 Å². The molecule has 0 spiro atoms. The maximum absolute atomic E-state index is 12.0. The average Bonchev–Trinajstić information content (AvgIpc) is 2.90. The maximum atomic E-state index is 12.0. The van der Waals surface area contributed by atoms with Crippen LogP contribution < -0.4 is 5.56 Å². The molecule has 0 fully saturated rings. The van der Waals surface area contributed by atoms with Gasteiger partial charge in [0.2, 0.25) is 5.89 Å². The van der Waals surface area contributed by atoms with Gasteiger partial charge < -0.3 is 9.09 Å². The van der Waals surface area contributed by atoms with E-state index >= 15 is 0 Å². The van der Waals surface area contributed by atoms with Gasteiger partial charge in [-0.05, 0) is 18.9 Å². The molecule has 2 heterocycles. The van der Waals surface area contributed by atoms with Gasteiger partial charge in [0.15, 0.2) is 11.6 Å². The van der Waals surface area contributed by atoms with Crippen molar-refractivity contribution in [3.05, 3.63) is 45.5 Å². The summed E-state index contributed by atoms with van der Waals surface area (Å²) in [7, 11) is 0. The van der Waals surface area contributed by atoms with Crippen LogP contribution in [0.4, 0.5) is 0 Å². The summed E-state index contributed by atoms with van der Waals surface area (Å²) in [5.74, 6) is 1.12. The van der Waals surface area contributed by atoms with Gasteiger partial charge in [0.25, 0.3) is 5.56 Å². The molecule has 0 amide bonds. The van der Waals surface area contributed by atoms with Crippen LogP contribution in [0, 0.1) is 0 Å². The van der Waals surface area contributed by atoms with Gasteiger partial charge in [0.05, 0.1) is 6.54 Å². The van der Waals surface area contributed by atoms with Crippen LogP contribution in [0.2, 0.25) is 0 Å². The first-order chi connectivity index (χ1) is 9.69. The van der Waals surface area contributed by atoms with Crippen molar-refractivity contribution in [1.29, 1.82) is 0 Å². The summed E-state index contributed by atoms with van der Waals surface area (Å²) in [5, 5.41) is 3.86. The fraction of sp³-hybridized carbons (Fsp3) is 0.429. The molecule has 0 radical (unpaired) electrons. The molecule has 0 N–H and O–H groups in total. The second kappa shape index (κ2) is 5.03. The first kappa shape index (κ1) is 12.8. The van der Waals surface area contributed by atoms with Gasteiger partial charge in [-0.2, -0.15) is 4.98 Å². The van der Waals surface area contributed by atoms with E-state index < -0.39 is 0 Å². The quantitative estimate of drug-likeness (QED) is 0.843. The predicted molar refractivity (Wildman–Crippen MR) is 70.7 cm³/mol. The number of rotatable bonds is 3. The van der Waals surface area contributed by atoms with E-state index in [4.69, 9.17) is 4.52 Å². The molecule has 1 aliphatic carbocycles. The highest BCUT2D eigenvalue weighted by molar-refractivity contribution is 5.97. The Morgan fingerprint density at radius 1 is 1.30 bits per heavy atom. The molecule has 0 saturated heterocycles. The fourth-order valence-electron chi connectivity index (χ4n) is 2.51. The number of aryl methyl sites for hydroxylation is 1. The fourth-order valence-corrected chi connectivity index (χ4v) is 2.51. The number of carbonyl (C=O) groups is 1. The number of ketones is 1. The average molecular weight is 273 g/mol. The van der Waals surface area contributed by atoms with Crippen molar-refractivity contribution in [2.75, 3.05) is 0 Å². The Labute approximate surface area is 115 Å². The van der Waals surface area contributed by atoms with Gasteiger partial charge in [-0.1, -0.05) is 12.1 Å². The Kier molecular flexibility index (Phi) is 3.22. The number of nitrogens with zero attached hydrogens (tertiary/aromatic N) is 3. The molecule has 0 aliphatic heterocycles. The molecule has 0 atom stereocenters. The van der Waals surface area contributed by atoms with Crippen LogP contribution in [-0.2, 0) is 19.4 Å². The maximum Gasteiger partial charge on any atom is 0.251 e. The van der Waals surface area contributed by atoms with Crippen LogP contribution in [0.5, 0.6) is 0 Å². The van der Waals surface area contributed by atoms with Gasteiger partial charge in [0.1, 0.15) is 0 Å². The topological polar surface area (TPSA) is 78.0 Å². The molecular formula is C14H15N3O3. The SMILES string of the molecule is CCc1nc(Cn2c3c(ccc2=O)C(=O)CCC3)no1. The van der Waals surface area contributed by atoms with E-state index in [-0.39, 0.29) is 17.9 Å². The van der Waals surface area contributed by atoms with E-state index in [1.54, 1.807) is 10.6 Å². The van der Waals surface area contributed by atoms with Gasteiger partial charge in [-0.3, -0.25) is 9.59 Å². The summed E-state index contributed by atoms with van der Waals surface area (Å²) in [6.45, 7) is 2.17. The summed E-state index contributed by atoms with van der Waals surface area (Å²) >= 11 is 0. The summed E-state index contributed by atoms with van der Waals surface area (Å²) in [5.41, 5.74) is 1.30. The molecule has 0 bridgehead atoms. The lowest BCUT2D eigenvalue weighted by Crippen LogP contribution is -2.28. The van der Waals surface area contributed by atoms with E-state index in [0.29, 0.717) is 30.1 Å². The molecule has 0 saturated carbocycles. The zero-order chi connectivity index (χ0) is 14.1. The minimum absolute atomic E-state index is 0.0994. The summed E-state index contributed by atoms with van der Waals surface area (Å²) in [6, 6.07) is 3.06. The first-order valence-corrected chi connectivity index (χ1v) is 6.76. The zero-order valence-corrected chi connectivity index (χ0v) is 11.3. The molecule has 2 aromatic heterocycles. The highest BCUT2D eigenvalue weighted by atomic mass is 16.5. The molecule has 20 heavy (non-hydrogen) atoms. The predicted octanol–water partition coefficient (Wildman–Crippen LogP) is 1.36. The Morgan fingerprint density at radius 3 is 2.90 bits per heavy atom. The Balaban J connectivity index is 2.02. The minimum atomic E-state index is -0.138. The van der Waals surface area contributed by atoms with E-state index in [2.05, 4.69) is 10.1 Å². The molecule has 2 aromatic rings. The molecule has 6 nitrogen and oxygen atoms in total. The van der Waals surface area contributed by atoms with Gasteiger partial charge in [0, 0.05) is 30.2 Å². The number of aromatic nitrogens is 3. The monoisotopic (exact) mass is 273 g/mol. The van der Waals surface area contributed by atoms with Crippen LogP contribution in [0.1, 0.15) is 47.5 Å². The molecule has 6 heteroatoms. The van der Waals surface area contributed by atoms with Crippen LogP contribution in [0.15, 0.2) is 21.5 Å². The lowest BCUT2D eigenvalue weighted by molar-refractivity contribution is 0.0970. The third-order valence-electron chi connectivity index (χ3n) is 3.53. The standard InChI is InChI=1S/C14H15N3O3/c1-2-13-15-12(16-20-13)8-17-10-4-3-5-11(18)9(10)6-7-14(17)19/h6-7H,2-5,8H2,1H3. The normalized spacial score (nSPS) is 14.3. The van der Waals surface area contributed by atoms with E-state index in [1.807, 2.05) is 6.92 Å². The van der Waals surface area contributed by atoms with Gasteiger partial charge in [-0.25, -0.2) is 0 Å². The van der Waals surface area contributed by atoms with E-state index in [0.717, 1.165) is 18.5 Å². The molecule has 0 unspecified atom stereocenters. The largest absolute Gasteiger partial charge is 0.339 e. The Bertz CT molecular complexity index is 715. The van der Waals surface area contributed by atoms with Crippen molar-refractivity contribution in [3.63, 3.8) is 0 Å². The number of hydrogen-bond donors (Lipinski definition) is 0. The Morgan fingerprint density at radius 2 is 2.15 bits per heavy atom. The number of carbonyl (C=O) groups excluding carboxylic acids is 1. The number of fused-ring (bicyclic) bond motifs is 1. The van der Waals surface area contributed by atoms with Crippen LogP contribution in [0.25, 0.3) is 0 Å². The molecule has 0 aromatic carbocycles. The van der Waals surface area contributed by atoms with Crippen molar-refractivity contribution < 1.29 is 9.32 Å². The van der Waals surface area contributed by atoms with Crippen LogP contribution in [0.3, 0.4) is 0 Å². The minimum Gasteiger partial charge on any atom is -0.339 e. The van der Waals surface area contributed by atoms with Crippen molar-refractivity contribution in [3.8, 4) is 0 Å². The van der Waals surface area contributed by atoms with Crippen LogP contribution in [-0.4, -0.2) is 20.5 Å². The molecular weight excluding hydrogens is 258 g/mol. The zero-order valence-electron chi connectivity index (χ0n) is 11.3. The van der Waals surface area contributed by atoms with Gasteiger partial charge >= 0.3 is 0 Å². The lowest BCUT2D eigenvalue weighted by atomic mass is 9.94. The molecule has 1 aliphatic rings. The highest BCUT2D eigenvalue weighted by Gasteiger charge is 2.21. The van der Waals surface area contributed by atoms with E-state index in [9.17, 15) is 9.59 Å². The summed E-state index contributed by atoms with van der Waals surface area (Å²) in [6.07, 6.45) is 2.72. The van der Waals surface area contributed by atoms with Crippen molar-refractivity contribution >= 4 is 5.78 Å². The van der Waals surface area contributed by atoms with Crippen molar-refractivity contribution in [1.82, 2.24) is 14.7 Å². The molecule has 3 rings (SSSR count). The second-order valence-electron chi connectivity index (χ2n) is 4.85. The van der Waals surface area contributed by atoms with Crippen molar-refractivity contribution in [2.45, 2.75) is 39.2 Å². The first-order valence-electron chi connectivity index (χ1n) is 6.76. The Hall–Kier alpha value is -2.24. The third-order valence-corrected chi connectivity index (χ3v) is 3.53. The second-order valence-corrected chi connectivity index (χ2v) is 4.85. The summed E-state index contributed by atoms with van der Waals surface area (Å²) < 4.78 is 6.63.